The van der Waals surface area contributed by atoms with Gasteiger partial charge >= 0.3 is 0 Å². The fraction of sp³-hybridized carbons (Fsp3) is 0.706. The van der Waals surface area contributed by atoms with E-state index in [9.17, 15) is 5.11 Å². The van der Waals surface area contributed by atoms with E-state index in [1.165, 1.54) is 12.0 Å². The minimum atomic E-state index is -0.272. The highest BCUT2D eigenvalue weighted by Crippen LogP contribution is 2.29. The molecule has 0 radical (unpaired) electrons. The first kappa shape index (κ1) is 15.1. The predicted molar refractivity (Wildman–Crippen MR) is 80.2 cm³/mol. The maximum absolute atomic E-state index is 10.1. The molecule has 1 heterocycles. The molecular formula is C17H26N2O. The number of hydrogen-bond acceptors (Lipinski definition) is 2. The number of rotatable bonds is 5. The number of aliphatic hydroxyl groups excluding tert-OH is 1. The van der Waals surface area contributed by atoms with Gasteiger partial charge in [0.25, 0.3) is 0 Å². The summed E-state index contributed by atoms with van der Waals surface area (Å²) in [6.45, 7) is 4.99. The van der Waals surface area contributed by atoms with Crippen LogP contribution in [0.3, 0.4) is 0 Å². The van der Waals surface area contributed by atoms with E-state index in [0.29, 0.717) is 0 Å². The van der Waals surface area contributed by atoms with E-state index < -0.39 is 0 Å². The van der Waals surface area contributed by atoms with Gasteiger partial charge in [-0.3, -0.25) is 0 Å². The largest absolute Gasteiger partial charge is 0.388 e. The molecule has 20 heavy (non-hydrogen) atoms. The Labute approximate surface area is 122 Å². The summed E-state index contributed by atoms with van der Waals surface area (Å²) >= 11 is 0. The minimum absolute atomic E-state index is 0.204. The molecule has 1 aliphatic rings. The smallest absolute Gasteiger partial charge is 0.0807 e. The van der Waals surface area contributed by atoms with Crippen molar-refractivity contribution in [2.24, 2.45) is 5.41 Å². The molecule has 1 aromatic rings. The molecular weight excluding hydrogens is 248 g/mol. The molecule has 0 saturated heterocycles. The average molecular weight is 274 g/mol. The zero-order valence-corrected chi connectivity index (χ0v) is 12.7. The van der Waals surface area contributed by atoms with E-state index in [1.54, 1.807) is 0 Å². The molecule has 1 atom stereocenters. The maximum Gasteiger partial charge on any atom is 0.0807 e. The average Bonchev–Trinajstić information content (AvgIpc) is 2.75. The third-order valence-electron chi connectivity index (χ3n) is 4.30. The Morgan fingerprint density at radius 3 is 2.90 bits per heavy atom. The zero-order chi connectivity index (χ0) is 14.6. The third-order valence-corrected chi connectivity index (χ3v) is 4.30. The van der Waals surface area contributed by atoms with Gasteiger partial charge in [0.15, 0.2) is 0 Å². The van der Waals surface area contributed by atoms with Crippen molar-refractivity contribution in [1.82, 2.24) is 4.57 Å². The quantitative estimate of drug-likeness (QED) is 0.652. The summed E-state index contributed by atoms with van der Waals surface area (Å²) in [5.74, 6) is 0. The number of aliphatic hydroxyl groups is 1. The molecule has 2 rings (SSSR count). The summed E-state index contributed by atoms with van der Waals surface area (Å²) in [5, 5.41) is 19.1. The molecule has 0 amide bonds. The van der Waals surface area contributed by atoms with Crippen molar-refractivity contribution >= 4 is 0 Å². The van der Waals surface area contributed by atoms with E-state index >= 15 is 0 Å². The first-order chi connectivity index (χ1) is 9.52. The van der Waals surface area contributed by atoms with Crippen molar-refractivity contribution in [2.75, 3.05) is 0 Å². The monoisotopic (exact) mass is 274 g/mol. The highest BCUT2D eigenvalue weighted by Gasteiger charge is 2.18. The highest BCUT2D eigenvalue weighted by molar-refractivity contribution is 5.27. The second-order valence-corrected chi connectivity index (χ2v) is 6.69. The number of aryl methyl sites for hydroxylation is 2. The molecule has 110 valence electrons. The first-order valence-electron chi connectivity index (χ1n) is 7.80. The lowest BCUT2D eigenvalue weighted by Crippen LogP contribution is -2.07. The molecule has 0 spiro atoms. The van der Waals surface area contributed by atoms with E-state index in [-0.39, 0.29) is 11.5 Å². The molecule has 0 fully saturated rings. The Balaban J connectivity index is 1.86. The number of nitrogens with zero attached hydrogens (tertiary/aromatic N) is 2. The number of aromatic nitrogens is 1. The summed E-state index contributed by atoms with van der Waals surface area (Å²) in [4.78, 5) is 0. The first-order valence-corrected chi connectivity index (χ1v) is 7.80. The minimum Gasteiger partial charge on any atom is -0.388 e. The number of hydrogen-bond donors (Lipinski definition) is 1. The summed E-state index contributed by atoms with van der Waals surface area (Å²) in [7, 11) is 0. The van der Waals surface area contributed by atoms with Crippen molar-refractivity contribution in [3.8, 4) is 6.07 Å². The molecule has 1 aromatic heterocycles. The van der Waals surface area contributed by atoms with Crippen LogP contribution in [0.2, 0.25) is 0 Å². The van der Waals surface area contributed by atoms with Gasteiger partial charge in [-0.2, -0.15) is 5.26 Å². The molecule has 1 N–H and O–H groups in total. The summed E-state index contributed by atoms with van der Waals surface area (Å²) in [6.07, 6.45) is 11.5. The fourth-order valence-corrected chi connectivity index (χ4v) is 2.94. The van der Waals surface area contributed by atoms with Crippen LogP contribution in [0.25, 0.3) is 0 Å². The van der Waals surface area contributed by atoms with Crippen LogP contribution >= 0.6 is 0 Å². The number of nitriles is 1. The summed E-state index contributed by atoms with van der Waals surface area (Å²) in [6, 6.07) is 2.35. The van der Waals surface area contributed by atoms with Crippen LogP contribution in [0.4, 0.5) is 0 Å². The normalized spacial score (nSPS) is 19.2. The van der Waals surface area contributed by atoms with Gasteiger partial charge in [0, 0.05) is 24.5 Å². The molecule has 3 nitrogen and oxygen atoms in total. The Morgan fingerprint density at radius 1 is 1.35 bits per heavy atom. The predicted octanol–water partition coefficient (Wildman–Crippen LogP) is 3.97. The standard InChI is InChI=1S/C17H26N2O/c1-17(2,13-18)9-5-6-10-19-11-14-7-3-4-8-16(20)15(14)12-19/h11-12,16,20H,3-10H2,1-2H3. The summed E-state index contributed by atoms with van der Waals surface area (Å²) in [5.41, 5.74) is 2.26. The lowest BCUT2D eigenvalue weighted by atomic mass is 9.89. The third kappa shape index (κ3) is 3.86. The second-order valence-electron chi connectivity index (χ2n) is 6.69. The molecule has 1 aliphatic carbocycles. The van der Waals surface area contributed by atoms with Gasteiger partial charge in [-0.1, -0.05) is 12.8 Å². The molecule has 3 heteroatoms. The van der Waals surface area contributed by atoms with Crippen LogP contribution in [0, 0.1) is 16.7 Å². The van der Waals surface area contributed by atoms with Gasteiger partial charge in [0.1, 0.15) is 0 Å². The number of unbranched alkanes of at least 4 members (excludes halogenated alkanes) is 1. The lowest BCUT2D eigenvalue weighted by molar-refractivity contribution is 0.166. The van der Waals surface area contributed by atoms with Gasteiger partial charge in [0.2, 0.25) is 0 Å². The van der Waals surface area contributed by atoms with E-state index in [2.05, 4.69) is 23.0 Å². The SMILES string of the molecule is CC(C)(C#N)CCCCn1cc2c(c1)C(O)CCCC2. The molecule has 0 bridgehead atoms. The Kier molecular flexibility index (Phi) is 4.88. The second kappa shape index (κ2) is 6.45. The van der Waals surface area contributed by atoms with Crippen LogP contribution in [0.15, 0.2) is 12.4 Å². The van der Waals surface area contributed by atoms with Crippen molar-refractivity contribution in [1.29, 1.82) is 5.26 Å². The van der Waals surface area contributed by atoms with Crippen LogP contribution in [0.1, 0.15) is 69.6 Å². The van der Waals surface area contributed by atoms with Gasteiger partial charge < -0.3 is 9.67 Å². The molecule has 1 unspecified atom stereocenters. The molecule has 0 aromatic carbocycles. The van der Waals surface area contributed by atoms with E-state index in [4.69, 9.17) is 5.26 Å². The Morgan fingerprint density at radius 2 is 2.15 bits per heavy atom. The zero-order valence-electron chi connectivity index (χ0n) is 12.7. The van der Waals surface area contributed by atoms with Crippen molar-refractivity contribution in [3.05, 3.63) is 23.5 Å². The van der Waals surface area contributed by atoms with Crippen molar-refractivity contribution < 1.29 is 5.11 Å². The lowest BCUT2D eigenvalue weighted by Gasteiger charge is -2.14. The Hall–Kier alpha value is -1.27. The van der Waals surface area contributed by atoms with Gasteiger partial charge in [-0.25, -0.2) is 0 Å². The Bertz CT molecular complexity index is 482. The van der Waals surface area contributed by atoms with Gasteiger partial charge in [-0.15, -0.1) is 0 Å². The number of fused-ring (bicyclic) bond motifs is 1. The van der Waals surface area contributed by atoms with Crippen LogP contribution in [-0.2, 0) is 13.0 Å². The van der Waals surface area contributed by atoms with Crippen molar-refractivity contribution in [3.63, 3.8) is 0 Å². The fourth-order valence-electron chi connectivity index (χ4n) is 2.94. The van der Waals surface area contributed by atoms with E-state index in [0.717, 1.165) is 50.6 Å². The van der Waals surface area contributed by atoms with Crippen LogP contribution in [0.5, 0.6) is 0 Å². The molecule has 0 saturated carbocycles. The summed E-state index contributed by atoms with van der Waals surface area (Å²) < 4.78 is 2.22. The van der Waals surface area contributed by atoms with E-state index in [1.807, 2.05) is 13.8 Å². The van der Waals surface area contributed by atoms with Crippen LogP contribution < -0.4 is 0 Å². The molecule has 0 aliphatic heterocycles. The topological polar surface area (TPSA) is 49.0 Å². The van der Waals surface area contributed by atoms with Gasteiger partial charge in [-0.05, 0) is 51.5 Å². The highest BCUT2D eigenvalue weighted by atomic mass is 16.3. The van der Waals surface area contributed by atoms with Crippen molar-refractivity contribution in [2.45, 2.75) is 71.4 Å². The van der Waals surface area contributed by atoms with Crippen LogP contribution in [-0.4, -0.2) is 9.67 Å². The maximum atomic E-state index is 10.1. The van der Waals surface area contributed by atoms with Gasteiger partial charge in [0.05, 0.1) is 17.6 Å².